The summed E-state index contributed by atoms with van der Waals surface area (Å²) in [7, 11) is -3.68. The van der Waals surface area contributed by atoms with E-state index in [4.69, 9.17) is 4.74 Å². The summed E-state index contributed by atoms with van der Waals surface area (Å²) in [5.74, 6) is -0.465. The van der Waals surface area contributed by atoms with Crippen LogP contribution in [-0.2, 0) is 14.8 Å². The standard InChI is InChI=1S/C18H23N5O4S/c1-3-19-15-5-4-14(28(25,26)23-6-8-27-9-7-23)10-16(15)22-18(24)17-12-20-13(2)11-21-17/h4-5,10-12,19H,3,6-9H2,1-2H3,(H,22,24). The third-order valence-electron chi connectivity index (χ3n) is 4.23. The monoisotopic (exact) mass is 405 g/mol. The molecule has 0 atom stereocenters. The first-order chi connectivity index (χ1) is 13.4. The zero-order valence-electron chi connectivity index (χ0n) is 15.8. The van der Waals surface area contributed by atoms with E-state index < -0.39 is 15.9 Å². The molecule has 2 heterocycles. The molecular formula is C18H23N5O4S. The van der Waals surface area contributed by atoms with Crippen molar-refractivity contribution in [2.45, 2.75) is 18.7 Å². The summed E-state index contributed by atoms with van der Waals surface area (Å²) in [6.45, 7) is 5.64. The minimum absolute atomic E-state index is 0.112. The van der Waals surface area contributed by atoms with Crippen LogP contribution in [0, 0.1) is 6.92 Å². The van der Waals surface area contributed by atoms with Crippen LogP contribution in [0.1, 0.15) is 23.1 Å². The smallest absolute Gasteiger partial charge is 0.275 e. The Hall–Kier alpha value is -2.56. The van der Waals surface area contributed by atoms with Crippen LogP contribution in [0.4, 0.5) is 11.4 Å². The molecule has 3 rings (SSSR count). The number of aryl methyl sites for hydroxylation is 1. The Labute approximate surface area is 164 Å². The van der Waals surface area contributed by atoms with E-state index in [1.165, 1.54) is 28.8 Å². The van der Waals surface area contributed by atoms with Crippen LogP contribution in [0.25, 0.3) is 0 Å². The Morgan fingerprint density at radius 2 is 1.93 bits per heavy atom. The highest BCUT2D eigenvalue weighted by Gasteiger charge is 2.27. The number of carbonyl (C=O) groups excluding carboxylic acids is 1. The lowest BCUT2D eigenvalue weighted by atomic mass is 10.2. The third kappa shape index (κ3) is 4.46. The first-order valence-electron chi connectivity index (χ1n) is 8.97. The largest absolute Gasteiger partial charge is 0.384 e. The molecular weight excluding hydrogens is 382 g/mol. The molecule has 1 aliphatic rings. The Kier molecular flexibility index (Phi) is 6.22. The fourth-order valence-corrected chi connectivity index (χ4v) is 4.20. The molecule has 0 unspecified atom stereocenters. The molecule has 1 saturated heterocycles. The number of nitrogens with zero attached hydrogens (tertiary/aromatic N) is 3. The van der Waals surface area contributed by atoms with Crippen molar-refractivity contribution in [3.8, 4) is 0 Å². The maximum Gasteiger partial charge on any atom is 0.275 e. The number of ether oxygens (including phenoxy) is 1. The van der Waals surface area contributed by atoms with Gasteiger partial charge in [0, 0.05) is 25.8 Å². The molecule has 150 valence electrons. The van der Waals surface area contributed by atoms with E-state index >= 15 is 0 Å². The highest BCUT2D eigenvalue weighted by molar-refractivity contribution is 7.89. The number of hydrogen-bond acceptors (Lipinski definition) is 7. The number of hydrogen-bond donors (Lipinski definition) is 2. The van der Waals surface area contributed by atoms with E-state index in [2.05, 4.69) is 20.6 Å². The van der Waals surface area contributed by atoms with Gasteiger partial charge in [-0.1, -0.05) is 0 Å². The molecule has 0 aliphatic carbocycles. The molecule has 0 radical (unpaired) electrons. The summed E-state index contributed by atoms with van der Waals surface area (Å²) in [6, 6.07) is 4.64. The van der Waals surface area contributed by atoms with Crippen molar-refractivity contribution in [1.82, 2.24) is 14.3 Å². The summed E-state index contributed by atoms with van der Waals surface area (Å²) < 4.78 is 32.4. The highest BCUT2D eigenvalue weighted by atomic mass is 32.2. The molecule has 0 saturated carbocycles. The lowest BCUT2D eigenvalue weighted by Crippen LogP contribution is -2.40. The predicted octanol–water partition coefficient (Wildman–Crippen LogP) is 1.49. The van der Waals surface area contributed by atoms with Gasteiger partial charge in [0.25, 0.3) is 5.91 Å². The van der Waals surface area contributed by atoms with Crippen molar-refractivity contribution < 1.29 is 17.9 Å². The van der Waals surface area contributed by atoms with Gasteiger partial charge in [0.1, 0.15) is 5.69 Å². The number of benzene rings is 1. The van der Waals surface area contributed by atoms with Crippen molar-refractivity contribution in [3.63, 3.8) is 0 Å². The van der Waals surface area contributed by atoms with E-state index in [1.54, 1.807) is 13.0 Å². The maximum absolute atomic E-state index is 12.9. The van der Waals surface area contributed by atoms with Crippen molar-refractivity contribution >= 4 is 27.3 Å². The Balaban J connectivity index is 1.91. The number of amides is 1. The summed E-state index contributed by atoms with van der Waals surface area (Å²) in [6.07, 6.45) is 2.88. The molecule has 10 heteroatoms. The predicted molar refractivity (Wildman–Crippen MR) is 105 cm³/mol. The van der Waals surface area contributed by atoms with E-state index in [0.717, 1.165) is 0 Å². The second-order valence-electron chi connectivity index (χ2n) is 6.25. The van der Waals surface area contributed by atoms with Gasteiger partial charge >= 0.3 is 0 Å². The molecule has 1 aliphatic heterocycles. The first-order valence-corrected chi connectivity index (χ1v) is 10.4. The highest BCUT2D eigenvalue weighted by Crippen LogP contribution is 2.28. The fraction of sp³-hybridized carbons (Fsp3) is 0.389. The van der Waals surface area contributed by atoms with Gasteiger partial charge in [-0.3, -0.25) is 9.78 Å². The van der Waals surface area contributed by atoms with Crippen molar-refractivity contribution in [2.24, 2.45) is 0 Å². The number of carbonyl (C=O) groups is 1. The van der Waals surface area contributed by atoms with Gasteiger partial charge < -0.3 is 15.4 Å². The second-order valence-corrected chi connectivity index (χ2v) is 8.19. The van der Waals surface area contributed by atoms with Crippen LogP contribution in [0.15, 0.2) is 35.5 Å². The average Bonchev–Trinajstić information content (AvgIpc) is 2.70. The molecule has 2 N–H and O–H groups in total. The number of rotatable bonds is 6. The summed E-state index contributed by atoms with van der Waals surface area (Å²) in [4.78, 5) is 20.8. The fourth-order valence-electron chi connectivity index (χ4n) is 2.76. The van der Waals surface area contributed by atoms with Gasteiger partial charge in [-0.15, -0.1) is 0 Å². The van der Waals surface area contributed by atoms with Crippen LogP contribution in [-0.4, -0.2) is 61.4 Å². The lowest BCUT2D eigenvalue weighted by Gasteiger charge is -2.26. The molecule has 0 spiro atoms. The minimum Gasteiger partial charge on any atom is -0.384 e. The van der Waals surface area contributed by atoms with E-state index in [0.29, 0.717) is 49.9 Å². The third-order valence-corrected chi connectivity index (χ3v) is 6.12. The van der Waals surface area contributed by atoms with E-state index in [-0.39, 0.29) is 10.6 Å². The molecule has 1 aromatic carbocycles. The Bertz CT molecular complexity index is 941. The molecule has 1 amide bonds. The van der Waals surface area contributed by atoms with Gasteiger partial charge in [0.05, 0.1) is 41.4 Å². The number of nitrogens with one attached hydrogen (secondary N) is 2. The van der Waals surface area contributed by atoms with Gasteiger partial charge in [-0.2, -0.15) is 4.31 Å². The Morgan fingerprint density at radius 3 is 2.57 bits per heavy atom. The van der Waals surface area contributed by atoms with Crippen molar-refractivity contribution in [3.05, 3.63) is 42.0 Å². The topological polar surface area (TPSA) is 114 Å². The van der Waals surface area contributed by atoms with Crippen molar-refractivity contribution in [2.75, 3.05) is 43.5 Å². The van der Waals surface area contributed by atoms with Crippen molar-refractivity contribution in [1.29, 1.82) is 0 Å². The quantitative estimate of drug-likeness (QED) is 0.748. The SMILES string of the molecule is CCNc1ccc(S(=O)(=O)N2CCOCC2)cc1NC(=O)c1cnc(C)cn1. The average molecular weight is 405 g/mol. The number of morpholine rings is 1. The molecule has 9 nitrogen and oxygen atoms in total. The zero-order valence-corrected chi connectivity index (χ0v) is 16.6. The van der Waals surface area contributed by atoms with Gasteiger partial charge in [0.2, 0.25) is 10.0 Å². The molecule has 2 aromatic rings. The number of sulfonamides is 1. The van der Waals surface area contributed by atoms with Gasteiger partial charge in [0.15, 0.2) is 0 Å². The Morgan fingerprint density at radius 1 is 1.18 bits per heavy atom. The molecule has 1 fully saturated rings. The van der Waals surface area contributed by atoms with Crippen LogP contribution in [0.2, 0.25) is 0 Å². The molecule has 1 aromatic heterocycles. The van der Waals surface area contributed by atoms with Gasteiger partial charge in [-0.05, 0) is 32.0 Å². The van der Waals surface area contributed by atoms with Crippen LogP contribution in [0.3, 0.4) is 0 Å². The normalized spacial score (nSPS) is 15.2. The van der Waals surface area contributed by atoms with E-state index in [9.17, 15) is 13.2 Å². The lowest BCUT2D eigenvalue weighted by molar-refractivity contribution is 0.0730. The summed E-state index contributed by atoms with van der Waals surface area (Å²) in [5.41, 5.74) is 1.83. The maximum atomic E-state index is 12.9. The van der Waals surface area contributed by atoms with Crippen LogP contribution in [0.5, 0.6) is 0 Å². The zero-order chi connectivity index (χ0) is 20.1. The van der Waals surface area contributed by atoms with Crippen LogP contribution < -0.4 is 10.6 Å². The van der Waals surface area contributed by atoms with Gasteiger partial charge in [-0.25, -0.2) is 13.4 Å². The number of anilines is 2. The molecule has 0 bridgehead atoms. The minimum atomic E-state index is -3.68. The number of aromatic nitrogens is 2. The first kappa shape index (κ1) is 20.2. The summed E-state index contributed by atoms with van der Waals surface area (Å²) in [5, 5.41) is 5.86. The van der Waals surface area contributed by atoms with E-state index in [1.807, 2.05) is 6.92 Å². The van der Waals surface area contributed by atoms with Crippen LogP contribution >= 0.6 is 0 Å². The second kappa shape index (κ2) is 8.63. The summed E-state index contributed by atoms with van der Waals surface area (Å²) >= 11 is 0. The molecule has 28 heavy (non-hydrogen) atoms.